The first-order valence-corrected chi connectivity index (χ1v) is 14.3. The molecule has 0 radical (unpaired) electrons. The standard InChI is InChI=1S/C23H19Cl2N3O7S2/c24-17-3-1-2-4-19(17)27-37(34,35)20-13-14(5-10-18(20)25)21(29)26-28-36(32,33)16-8-6-15(7-9-16)23(11-12-23)22(30)31/h1-10,13,27-28H,11-12H2,(H,26,29)(H,30,31). The Hall–Kier alpha value is -3.16. The minimum atomic E-state index is -4.25. The molecule has 0 atom stereocenters. The minimum Gasteiger partial charge on any atom is -0.481 e. The normalized spacial score (nSPS) is 14.5. The van der Waals surface area contributed by atoms with Crippen LogP contribution in [-0.2, 0) is 30.3 Å². The molecule has 37 heavy (non-hydrogen) atoms. The van der Waals surface area contributed by atoms with Gasteiger partial charge < -0.3 is 5.11 Å². The smallest absolute Gasteiger partial charge is 0.314 e. The number of aliphatic carboxylic acids is 1. The van der Waals surface area contributed by atoms with E-state index in [9.17, 15) is 31.5 Å². The summed E-state index contributed by atoms with van der Waals surface area (Å²) in [6, 6.07) is 14.8. The van der Waals surface area contributed by atoms with Crippen molar-refractivity contribution in [1.82, 2.24) is 10.3 Å². The molecule has 0 aliphatic heterocycles. The number of anilines is 1. The van der Waals surface area contributed by atoms with Crippen LogP contribution in [0.5, 0.6) is 0 Å². The number of benzene rings is 3. The van der Waals surface area contributed by atoms with E-state index in [4.69, 9.17) is 23.2 Å². The van der Waals surface area contributed by atoms with E-state index in [1.165, 1.54) is 48.5 Å². The van der Waals surface area contributed by atoms with Crippen LogP contribution in [0.4, 0.5) is 5.69 Å². The zero-order valence-electron chi connectivity index (χ0n) is 18.7. The number of carboxylic acid groups (broad SMARTS) is 1. The fraction of sp³-hybridized carbons (Fsp3) is 0.130. The Balaban J connectivity index is 1.48. The molecule has 1 saturated carbocycles. The van der Waals surface area contributed by atoms with E-state index in [1.54, 1.807) is 12.1 Å². The van der Waals surface area contributed by atoms with Crippen LogP contribution >= 0.6 is 23.2 Å². The van der Waals surface area contributed by atoms with Gasteiger partial charge >= 0.3 is 5.97 Å². The molecule has 0 aromatic heterocycles. The Morgan fingerprint density at radius 2 is 1.49 bits per heavy atom. The lowest BCUT2D eigenvalue weighted by atomic mass is 9.96. The van der Waals surface area contributed by atoms with E-state index in [-0.39, 0.29) is 26.2 Å². The quantitative estimate of drug-likeness (QED) is 0.280. The van der Waals surface area contributed by atoms with Crippen molar-refractivity contribution in [2.24, 2.45) is 0 Å². The highest BCUT2D eigenvalue weighted by Gasteiger charge is 2.51. The number of rotatable bonds is 9. The Labute approximate surface area is 222 Å². The van der Waals surface area contributed by atoms with Gasteiger partial charge in [0.05, 0.1) is 26.0 Å². The van der Waals surface area contributed by atoms with Crippen LogP contribution in [0.2, 0.25) is 10.0 Å². The summed E-state index contributed by atoms with van der Waals surface area (Å²) in [5.74, 6) is -1.92. The molecule has 14 heteroatoms. The highest BCUT2D eigenvalue weighted by molar-refractivity contribution is 7.92. The van der Waals surface area contributed by atoms with E-state index in [0.29, 0.717) is 18.4 Å². The average Bonchev–Trinajstić information content (AvgIpc) is 3.67. The first-order chi connectivity index (χ1) is 17.4. The molecule has 0 unspecified atom stereocenters. The van der Waals surface area contributed by atoms with E-state index >= 15 is 0 Å². The second-order valence-electron chi connectivity index (χ2n) is 8.20. The lowest BCUT2D eigenvalue weighted by Crippen LogP contribution is -2.41. The van der Waals surface area contributed by atoms with Crippen molar-refractivity contribution in [3.05, 3.63) is 87.9 Å². The highest BCUT2D eigenvalue weighted by Crippen LogP contribution is 2.48. The van der Waals surface area contributed by atoms with Gasteiger partial charge in [-0.25, -0.2) is 16.8 Å². The third-order valence-electron chi connectivity index (χ3n) is 5.78. The molecule has 3 aromatic carbocycles. The van der Waals surface area contributed by atoms with E-state index in [2.05, 4.69) is 4.72 Å². The first kappa shape index (κ1) is 26.9. The summed E-state index contributed by atoms with van der Waals surface area (Å²) < 4.78 is 53.2. The molecule has 1 amide bonds. The van der Waals surface area contributed by atoms with Gasteiger partial charge in [0.25, 0.3) is 26.0 Å². The van der Waals surface area contributed by atoms with E-state index in [0.717, 1.165) is 6.07 Å². The highest BCUT2D eigenvalue weighted by atomic mass is 35.5. The van der Waals surface area contributed by atoms with Crippen LogP contribution in [0.15, 0.2) is 76.5 Å². The van der Waals surface area contributed by atoms with Crippen molar-refractivity contribution in [3.63, 3.8) is 0 Å². The third-order valence-corrected chi connectivity index (χ3v) is 9.22. The molecule has 0 spiro atoms. The second kappa shape index (κ2) is 9.95. The van der Waals surface area contributed by atoms with Gasteiger partial charge in [-0.2, -0.15) is 0 Å². The zero-order chi connectivity index (χ0) is 27.0. The molecule has 1 fully saturated rings. The van der Waals surface area contributed by atoms with Crippen molar-refractivity contribution in [2.45, 2.75) is 28.0 Å². The largest absolute Gasteiger partial charge is 0.481 e. The van der Waals surface area contributed by atoms with Crippen molar-refractivity contribution in [2.75, 3.05) is 4.72 Å². The SMILES string of the molecule is O=C(NNS(=O)(=O)c1ccc(C2(C(=O)O)CC2)cc1)c1ccc(Cl)c(S(=O)(=O)Nc2ccccc2Cl)c1. The van der Waals surface area contributed by atoms with Crippen molar-refractivity contribution in [1.29, 1.82) is 0 Å². The number of carbonyl (C=O) groups is 2. The average molecular weight is 584 g/mol. The van der Waals surface area contributed by atoms with Gasteiger partial charge in [-0.3, -0.25) is 19.7 Å². The van der Waals surface area contributed by atoms with Crippen LogP contribution in [0.1, 0.15) is 28.8 Å². The number of carbonyl (C=O) groups excluding carboxylic acids is 1. The van der Waals surface area contributed by atoms with Gasteiger partial charge in [0, 0.05) is 5.56 Å². The maximum absolute atomic E-state index is 12.9. The van der Waals surface area contributed by atoms with Crippen molar-refractivity contribution in [3.8, 4) is 0 Å². The minimum absolute atomic E-state index is 0.102. The summed E-state index contributed by atoms with van der Waals surface area (Å²) in [5.41, 5.74) is 1.43. The van der Waals surface area contributed by atoms with Crippen LogP contribution in [-0.4, -0.2) is 33.8 Å². The number of hydrogen-bond donors (Lipinski definition) is 4. The predicted molar refractivity (Wildman–Crippen MR) is 136 cm³/mol. The summed E-state index contributed by atoms with van der Waals surface area (Å²) in [6.45, 7) is 0. The lowest BCUT2D eigenvalue weighted by molar-refractivity contribution is -0.140. The predicted octanol–water partition coefficient (Wildman–Crippen LogP) is 3.53. The summed E-state index contributed by atoms with van der Waals surface area (Å²) in [6.07, 6.45) is 0.935. The number of nitrogens with one attached hydrogen (secondary N) is 3. The third kappa shape index (κ3) is 5.58. The van der Waals surface area contributed by atoms with Crippen LogP contribution in [0.25, 0.3) is 0 Å². The van der Waals surface area contributed by atoms with Gasteiger partial charge in [0.2, 0.25) is 0 Å². The van der Waals surface area contributed by atoms with Gasteiger partial charge in [-0.1, -0.05) is 47.5 Å². The van der Waals surface area contributed by atoms with Gasteiger partial charge in [-0.15, -0.1) is 4.83 Å². The molecule has 0 saturated heterocycles. The fourth-order valence-electron chi connectivity index (χ4n) is 3.54. The Bertz CT molecular complexity index is 1610. The number of para-hydroxylation sites is 1. The Morgan fingerprint density at radius 1 is 0.838 bits per heavy atom. The monoisotopic (exact) mass is 583 g/mol. The summed E-state index contributed by atoms with van der Waals surface area (Å²) >= 11 is 12.1. The molecule has 4 rings (SSSR count). The molecule has 4 N–H and O–H groups in total. The fourth-order valence-corrected chi connectivity index (χ4v) is 6.23. The Kier molecular flexibility index (Phi) is 7.23. The number of halogens is 2. The molecule has 1 aliphatic carbocycles. The summed E-state index contributed by atoms with van der Waals surface area (Å²) in [7, 11) is -8.47. The topological polar surface area (TPSA) is 159 Å². The lowest BCUT2D eigenvalue weighted by Gasteiger charge is -2.13. The summed E-state index contributed by atoms with van der Waals surface area (Å²) in [4.78, 5) is 25.4. The van der Waals surface area contributed by atoms with Gasteiger partial charge in [-0.05, 0) is 60.9 Å². The molecule has 1 aliphatic rings. The van der Waals surface area contributed by atoms with Crippen LogP contribution in [0.3, 0.4) is 0 Å². The van der Waals surface area contributed by atoms with Gasteiger partial charge in [0.15, 0.2) is 0 Å². The summed E-state index contributed by atoms with van der Waals surface area (Å²) in [5, 5.41) is 9.35. The van der Waals surface area contributed by atoms with Crippen LogP contribution in [0, 0.1) is 0 Å². The molecule has 3 aromatic rings. The van der Waals surface area contributed by atoms with Crippen LogP contribution < -0.4 is 15.0 Å². The first-order valence-electron chi connectivity index (χ1n) is 10.6. The van der Waals surface area contributed by atoms with E-state index in [1.807, 2.05) is 10.3 Å². The number of carboxylic acids is 1. The van der Waals surface area contributed by atoms with Gasteiger partial charge in [0.1, 0.15) is 4.90 Å². The number of hydrogen-bond acceptors (Lipinski definition) is 6. The maximum Gasteiger partial charge on any atom is 0.314 e. The molecule has 10 nitrogen and oxygen atoms in total. The molecule has 0 bridgehead atoms. The molecule has 194 valence electrons. The van der Waals surface area contributed by atoms with E-state index < -0.39 is 42.2 Å². The number of amides is 1. The second-order valence-corrected chi connectivity index (χ2v) is 12.3. The molecular weight excluding hydrogens is 565 g/mol. The number of sulfonamides is 2. The zero-order valence-corrected chi connectivity index (χ0v) is 21.9. The molecular formula is C23H19Cl2N3O7S2. The van der Waals surface area contributed by atoms with Crippen molar-refractivity contribution < 1.29 is 31.5 Å². The maximum atomic E-state index is 12.9. The Morgan fingerprint density at radius 3 is 2.08 bits per heavy atom. The molecule has 0 heterocycles. The van der Waals surface area contributed by atoms with Crippen molar-refractivity contribution >= 4 is 60.8 Å². The number of hydrazine groups is 1.